The van der Waals surface area contributed by atoms with Crippen molar-refractivity contribution in [1.82, 2.24) is 9.78 Å². The van der Waals surface area contributed by atoms with Crippen LogP contribution >= 0.6 is 0 Å². The molecule has 3 aromatic rings. The number of nitrogens with two attached hydrogens (primary N) is 1. The van der Waals surface area contributed by atoms with E-state index in [9.17, 15) is 13.2 Å². The fourth-order valence-corrected chi connectivity index (χ4v) is 2.91. The van der Waals surface area contributed by atoms with Gasteiger partial charge in [-0.2, -0.15) is 10.4 Å². The molecule has 0 saturated carbocycles. The summed E-state index contributed by atoms with van der Waals surface area (Å²) in [5.74, 6) is 0. The Bertz CT molecular complexity index is 1230. The second-order valence-corrected chi connectivity index (χ2v) is 7.19. The van der Waals surface area contributed by atoms with Gasteiger partial charge in [0.2, 0.25) is 10.0 Å². The standard InChI is InChI=1S/C17H14N6O3S/c1-11-16(21-20-13-3-2-4-15(9-13)27(19,25)26)17(24)23(22-11)14-7-5-12(10-18)6-8-14/h2-9,22H,1H3,(H2,19,25,26). The molecule has 10 heteroatoms. The van der Waals surface area contributed by atoms with Gasteiger partial charge in [0.05, 0.1) is 33.6 Å². The van der Waals surface area contributed by atoms with E-state index in [0.29, 0.717) is 16.9 Å². The number of primary sulfonamides is 1. The quantitative estimate of drug-likeness (QED) is 0.667. The highest BCUT2D eigenvalue weighted by Crippen LogP contribution is 2.21. The number of aromatic amines is 1. The summed E-state index contributed by atoms with van der Waals surface area (Å²) in [6.45, 7) is 1.66. The normalized spacial score (nSPS) is 11.6. The Kier molecular flexibility index (Phi) is 4.72. The summed E-state index contributed by atoms with van der Waals surface area (Å²) in [5, 5.41) is 24.7. The van der Waals surface area contributed by atoms with E-state index in [2.05, 4.69) is 15.3 Å². The van der Waals surface area contributed by atoms with Crippen LogP contribution in [-0.4, -0.2) is 18.2 Å². The summed E-state index contributed by atoms with van der Waals surface area (Å²) >= 11 is 0. The molecule has 0 aliphatic heterocycles. The average molecular weight is 382 g/mol. The molecule has 27 heavy (non-hydrogen) atoms. The van der Waals surface area contributed by atoms with Gasteiger partial charge in [-0.1, -0.05) is 6.07 Å². The van der Waals surface area contributed by atoms with Gasteiger partial charge in [-0.3, -0.25) is 9.89 Å². The smallest absolute Gasteiger partial charge is 0.293 e. The van der Waals surface area contributed by atoms with E-state index in [1.165, 1.54) is 22.9 Å². The van der Waals surface area contributed by atoms with Gasteiger partial charge in [0, 0.05) is 0 Å². The molecule has 2 aromatic carbocycles. The van der Waals surface area contributed by atoms with E-state index in [-0.39, 0.29) is 16.3 Å². The molecule has 1 aromatic heterocycles. The van der Waals surface area contributed by atoms with Crippen LogP contribution in [0.1, 0.15) is 11.3 Å². The lowest BCUT2D eigenvalue weighted by molar-refractivity contribution is 0.598. The fraction of sp³-hybridized carbons (Fsp3) is 0.0588. The fourth-order valence-electron chi connectivity index (χ4n) is 2.35. The maximum absolute atomic E-state index is 12.6. The van der Waals surface area contributed by atoms with Crippen molar-refractivity contribution in [2.45, 2.75) is 11.8 Å². The summed E-state index contributed by atoms with van der Waals surface area (Å²) in [7, 11) is -3.86. The number of azo groups is 1. The first-order chi connectivity index (χ1) is 12.8. The van der Waals surface area contributed by atoms with Crippen molar-refractivity contribution in [1.29, 1.82) is 5.26 Å². The van der Waals surface area contributed by atoms with Crippen molar-refractivity contribution in [3.05, 3.63) is 70.1 Å². The van der Waals surface area contributed by atoms with Crippen LogP contribution in [0.3, 0.4) is 0 Å². The van der Waals surface area contributed by atoms with Gasteiger partial charge in [-0.25, -0.2) is 18.2 Å². The first-order valence-electron chi connectivity index (χ1n) is 7.66. The predicted molar refractivity (Wildman–Crippen MR) is 97.8 cm³/mol. The monoisotopic (exact) mass is 382 g/mol. The Hall–Kier alpha value is -3.55. The summed E-state index contributed by atoms with van der Waals surface area (Å²) in [6, 6.07) is 14.1. The molecule has 0 aliphatic carbocycles. The molecular weight excluding hydrogens is 368 g/mol. The number of nitrogens with one attached hydrogen (secondary N) is 1. The molecule has 3 N–H and O–H groups in total. The van der Waals surface area contributed by atoms with Crippen LogP contribution in [0.25, 0.3) is 5.69 Å². The van der Waals surface area contributed by atoms with Crippen molar-refractivity contribution < 1.29 is 8.42 Å². The van der Waals surface area contributed by atoms with E-state index < -0.39 is 15.6 Å². The number of sulfonamides is 1. The maximum atomic E-state index is 12.6. The van der Waals surface area contributed by atoms with Crippen LogP contribution < -0.4 is 10.7 Å². The molecule has 0 fully saturated rings. The lowest BCUT2D eigenvalue weighted by atomic mass is 10.2. The summed E-state index contributed by atoms with van der Waals surface area (Å²) in [5.41, 5.74) is 1.40. The SMILES string of the molecule is Cc1[nH]n(-c2ccc(C#N)cc2)c(=O)c1N=Nc1cccc(S(N)(=O)=O)c1. The Labute approximate surface area is 154 Å². The Balaban J connectivity index is 1.97. The number of benzene rings is 2. The molecule has 0 atom stereocenters. The van der Waals surface area contributed by atoms with Crippen molar-refractivity contribution in [3.63, 3.8) is 0 Å². The molecule has 3 rings (SSSR count). The van der Waals surface area contributed by atoms with Gasteiger partial charge in [-0.05, 0) is 49.4 Å². The number of hydrogen-bond donors (Lipinski definition) is 2. The predicted octanol–water partition coefficient (Wildman–Crippen LogP) is 2.41. The van der Waals surface area contributed by atoms with Gasteiger partial charge in [-0.15, -0.1) is 5.11 Å². The third-order valence-corrected chi connectivity index (χ3v) is 4.62. The molecule has 0 saturated heterocycles. The van der Waals surface area contributed by atoms with E-state index in [1.807, 2.05) is 6.07 Å². The maximum Gasteiger partial charge on any atom is 0.299 e. The van der Waals surface area contributed by atoms with Crippen LogP contribution in [0.15, 0.2) is 68.4 Å². The highest BCUT2D eigenvalue weighted by molar-refractivity contribution is 7.89. The molecule has 9 nitrogen and oxygen atoms in total. The van der Waals surface area contributed by atoms with Crippen LogP contribution in [0, 0.1) is 18.3 Å². The molecule has 0 amide bonds. The van der Waals surface area contributed by atoms with Crippen LogP contribution in [0.4, 0.5) is 11.4 Å². The van der Waals surface area contributed by atoms with Crippen LogP contribution in [-0.2, 0) is 10.0 Å². The van der Waals surface area contributed by atoms with E-state index >= 15 is 0 Å². The number of nitrogens with zero attached hydrogens (tertiary/aromatic N) is 4. The van der Waals surface area contributed by atoms with E-state index in [4.69, 9.17) is 10.4 Å². The first-order valence-corrected chi connectivity index (χ1v) is 9.21. The number of aryl methyl sites for hydroxylation is 1. The first kappa shape index (κ1) is 18.2. The van der Waals surface area contributed by atoms with Crippen LogP contribution in [0.2, 0.25) is 0 Å². The number of H-pyrrole nitrogens is 1. The van der Waals surface area contributed by atoms with Gasteiger partial charge in [0.15, 0.2) is 5.69 Å². The molecule has 0 bridgehead atoms. The van der Waals surface area contributed by atoms with Crippen molar-refractivity contribution >= 4 is 21.4 Å². The van der Waals surface area contributed by atoms with Gasteiger partial charge < -0.3 is 0 Å². The topological polar surface area (TPSA) is 146 Å². The number of rotatable bonds is 4. The number of hydrogen-bond acceptors (Lipinski definition) is 6. The summed E-state index contributed by atoms with van der Waals surface area (Å²) in [4.78, 5) is 12.5. The second-order valence-electron chi connectivity index (χ2n) is 5.63. The molecule has 0 spiro atoms. The lowest BCUT2D eigenvalue weighted by Crippen LogP contribution is -2.13. The molecule has 0 aliphatic rings. The summed E-state index contributed by atoms with van der Waals surface area (Å²) < 4.78 is 24.1. The van der Waals surface area contributed by atoms with Crippen molar-refractivity contribution in [2.24, 2.45) is 15.4 Å². The zero-order chi connectivity index (χ0) is 19.6. The second kappa shape index (κ2) is 6.99. The highest BCUT2D eigenvalue weighted by Gasteiger charge is 2.13. The Morgan fingerprint density at radius 1 is 1.15 bits per heavy atom. The van der Waals surface area contributed by atoms with Gasteiger partial charge in [0.1, 0.15) is 0 Å². The zero-order valence-corrected chi connectivity index (χ0v) is 14.9. The molecule has 0 radical (unpaired) electrons. The number of nitriles is 1. The zero-order valence-electron chi connectivity index (χ0n) is 14.1. The molecule has 1 heterocycles. The Morgan fingerprint density at radius 2 is 1.85 bits per heavy atom. The largest absolute Gasteiger partial charge is 0.299 e. The van der Waals surface area contributed by atoms with Crippen molar-refractivity contribution in [3.8, 4) is 11.8 Å². The molecule has 0 unspecified atom stereocenters. The molecule has 136 valence electrons. The summed E-state index contributed by atoms with van der Waals surface area (Å²) in [6.07, 6.45) is 0. The third-order valence-electron chi connectivity index (χ3n) is 3.71. The van der Waals surface area contributed by atoms with E-state index in [1.54, 1.807) is 37.3 Å². The third kappa shape index (κ3) is 3.84. The lowest BCUT2D eigenvalue weighted by Gasteiger charge is -2.00. The number of aromatic nitrogens is 2. The van der Waals surface area contributed by atoms with Gasteiger partial charge in [0.25, 0.3) is 5.56 Å². The van der Waals surface area contributed by atoms with Crippen molar-refractivity contribution in [2.75, 3.05) is 0 Å². The van der Waals surface area contributed by atoms with Gasteiger partial charge >= 0.3 is 0 Å². The highest BCUT2D eigenvalue weighted by atomic mass is 32.2. The minimum absolute atomic E-state index is 0.0837. The van der Waals surface area contributed by atoms with E-state index in [0.717, 1.165) is 0 Å². The van der Waals surface area contributed by atoms with Crippen LogP contribution in [0.5, 0.6) is 0 Å². The minimum Gasteiger partial charge on any atom is -0.293 e. The minimum atomic E-state index is -3.86. The molecular formula is C17H14N6O3S. The average Bonchev–Trinajstić information content (AvgIpc) is 2.93. The Morgan fingerprint density at radius 3 is 2.48 bits per heavy atom.